The van der Waals surface area contributed by atoms with E-state index < -0.39 is 0 Å². The van der Waals surface area contributed by atoms with Crippen molar-refractivity contribution in [1.29, 1.82) is 10.5 Å². The standard InChI is InChI=1S/C10H12N6/c1-8-7-9(15-10(13-2)14-8)16(5-3-11)6-4-12/h7H,5-6H2,1-2H3,(H,13,14,15). The average Bonchev–Trinajstić information content (AvgIpc) is 2.28. The van der Waals surface area contributed by atoms with Crippen LogP contribution < -0.4 is 10.2 Å². The first-order chi connectivity index (χ1) is 7.71. The molecular formula is C10H12N6. The van der Waals surface area contributed by atoms with Crippen molar-refractivity contribution in [3.05, 3.63) is 11.8 Å². The number of nitrogens with one attached hydrogen (secondary N) is 1. The first-order valence-electron chi connectivity index (χ1n) is 4.73. The fourth-order valence-electron chi connectivity index (χ4n) is 1.21. The van der Waals surface area contributed by atoms with Crippen LogP contribution in [0.25, 0.3) is 0 Å². The van der Waals surface area contributed by atoms with Crippen LogP contribution in [-0.2, 0) is 0 Å². The van der Waals surface area contributed by atoms with E-state index in [2.05, 4.69) is 15.3 Å². The molecular weight excluding hydrogens is 204 g/mol. The molecule has 0 aliphatic rings. The highest BCUT2D eigenvalue weighted by Gasteiger charge is 2.09. The van der Waals surface area contributed by atoms with Crippen molar-refractivity contribution in [2.24, 2.45) is 0 Å². The molecule has 1 aromatic rings. The summed E-state index contributed by atoms with van der Waals surface area (Å²) in [7, 11) is 1.72. The molecule has 0 radical (unpaired) electrons. The Kier molecular flexibility index (Phi) is 4.05. The van der Waals surface area contributed by atoms with Crippen LogP contribution in [0.1, 0.15) is 5.69 Å². The molecule has 6 nitrogen and oxygen atoms in total. The maximum atomic E-state index is 8.66. The molecule has 0 amide bonds. The van der Waals surface area contributed by atoms with Gasteiger partial charge in [-0.15, -0.1) is 0 Å². The van der Waals surface area contributed by atoms with E-state index in [9.17, 15) is 0 Å². The largest absolute Gasteiger partial charge is 0.357 e. The Bertz CT molecular complexity index is 426. The van der Waals surface area contributed by atoms with Crippen LogP contribution in [0.4, 0.5) is 11.8 Å². The van der Waals surface area contributed by atoms with Gasteiger partial charge >= 0.3 is 0 Å². The number of hydrogen-bond acceptors (Lipinski definition) is 6. The van der Waals surface area contributed by atoms with E-state index in [0.29, 0.717) is 11.8 Å². The number of rotatable bonds is 4. The Hall–Kier alpha value is -2.34. The molecule has 1 rings (SSSR count). The van der Waals surface area contributed by atoms with Crippen LogP contribution >= 0.6 is 0 Å². The van der Waals surface area contributed by atoms with E-state index in [0.717, 1.165) is 5.69 Å². The fourth-order valence-corrected chi connectivity index (χ4v) is 1.21. The molecule has 0 saturated heterocycles. The normalized spacial score (nSPS) is 9.00. The van der Waals surface area contributed by atoms with Crippen LogP contribution in [0.2, 0.25) is 0 Å². The van der Waals surface area contributed by atoms with Gasteiger partial charge in [0.15, 0.2) is 0 Å². The summed E-state index contributed by atoms with van der Waals surface area (Å²) >= 11 is 0. The molecule has 6 heteroatoms. The molecule has 0 spiro atoms. The maximum absolute atomic E-state index is 8.66. The summed E-state index contributed by atoms with van der Waals surface area (Å²) in [6.45, 7) is 2.10. The fraction of sp³-hybridized carbons (Fsp3) is 0.400. The lowest BCUT2D eigenvalue weighted by molar-refractivity contribution is 0.920. The predicted molar refractivity (Wildman–Crippen MR) is 59.8 cm³/mol. The van der Waals surface area contributed by atoms with Crippen LogP contribution in [0.15, 0.2) is 6.07 Å². The quantitative estimate of drug-likeness (QED) is 0.744. The van der Waals surface area contributed by atoms with Crippen molar-refractivity contribution in [3.63, 3.8) is 0 Å². The third-order valence-electron chi connectivity index (χ3n) is 1.91. The Morgan fingerprint density at radius 3 is 2.44 bits per heavy atom. The van der Waals surface area contributed by atoms with E-state index in [4.69, 9.17) is 10.5 Å². The monoisotopic (exact) mass is 216 g/mol. The molecule has 1 heterocycles. The SMILES string of the molecule is CNc1nc(C)cc(N(CC#N)CC#N)n1. The summed E-state index contributed by atoms with van der Waals surface area (Å²) < 4.78 is 0. The van der Waals surface area contributed by atoms with Crippen molar-refractivity contribution in [1.82, 2.24) is 9.97 Å². The zero-order valence-corrected chi connectivity index (χ0v) is 9.23. The zero-order chi connectivity index (χ0) is 12.0. The summed E-state index contributed by atoms with van der Waals surface area (Å²) in [5.41, 5.74) is 0.787. The van der Waals surface area contributed by atoms with Crippen molar-refractivity contribution in [2.45, 2.75) is 6.92 Å². The van der Waals surface area contributed by atoms with Crippen LogP contribution in [0.3, 0.4) is 0 Å². The second kappa shape index (κ2) is 5.52. The predicted octanol–water partition coefficient (Wildman–Crippen LogP) is 0.680. The summed E-state index contributed by atoms with van der Waals surface area (Å²) in [6.07, 6.45) is 0. The van der Waals surface area contributed by atoms with Crippen LogP contribution in [0.5, 0.6) is 0 Å². The molecule has 0 unspecified atom stereocenters. The van der Waals surface area contributed by atoms with Gasteiger partial charge in [-0.2, -0.15) is 15.5 Å². The lowest BCUT2D eigenvalue weighted by Crippen LogP contribution is -2.25. The summed E-state index contributed by atoms with van der Waals surface area (Å²) in [5.74, 6) is 1.07. The van der Waals surface area contributed by atoms with Gasteiger partial charge in [-0.05, 0) is 6.92 Å². The molecule has 0 aromatic carbocycles. The van der Waals surface area contributed by atoms with Gasteiger partial charge in [-0.25, -0.2) is 4.98 Å². The number of aryl methyl sites for hydroxylation is 1. The third-order valence-corrected chi connectivity index (χ3v) is 1.91. The van der Waals surface area contributed by atoms with Crippen molar-refractivity contribution in [2.75, 3.05) is 30.4 Å². The average molecular weight is 216 g/mol. The van der Waals surface area contributed by atoms with Gasteiger partial charge in [-0.3, -0.25) is 0 Å². The van der Waals surface area contributed by atoms with Gasteiger partial charge in [0, 0.05) is 18.8 Å². The highest BCUT2D eigenvalue weighted by Crippen LogP contribution is 2.13. The minimum absolute atomic E-state index is 0.132. The van der Waals surface area contributed by atoms with Crippen LogP contribution in [0, 0.1) is 29.6 Å². The van der Waals surface area contributed by atoms with Crippen LogP contribution in [-0.4, -0.2) is 30.1 Å². The molecule has 0 fully saturated rings. The van der Waals surface area contributed by atoms with E-state index in [1.54, 1.807) is 18.0 Å². The third kappa shape index (κ3) is 2.82. The highest BCUT2D eigenvalue weighted by atomic mass is 15.2. The van der Waals surface area contributed by atoms with Gasteiger partial charge in [0.25, 0.3) is 0 Å². The molecule has 0 aliphatic carbocycles. The number of hydrogen-bond donors (Lipinski definition) is 1. The summed E-state index contributed by atoms with van der Waals surface area (Å²) in [4.78, 5) is 9.92. The topological polar surface area (TPSA) is 88.6 Å². The van der Waals surface area contributed by atoms with Crippen molar-refractivity contribution in [3.8, 4) is 12.1 Å². The number of nitriles is 2. The number of aromatic nitrogens is 2. The van der Waals surface area contributed by atoms with Gasteiger partial charge in [0.05, 0.1) is 12.1 Å². The smallest absolute Gasteiger partial charge is 0.224 e. The Labute approximate surface area is 94.2 Å². The summed E-state index contributed by atoms with van der Waals surface area (Å²) in [6, 6.07) is 5.75. The molecule has 16 heavy (non-hydrogen) atoms. The second-order valence-corrected chi connectivity index (χ2v) is 3.11. The molecule has 1 aromatic heterocycles. The number of nitrogens with zero attached hydrogens (tertiary/aromatic N) is 5. The molecule has 1 N–H and O–H groups in total. The first-order valence-corrected chi connectivity index (χ1v) is 4.73. The van der Waals surface area contributed by atoms with Gasteiger partial charge in [-0.1, -0.05) is 0 Å². The van der Waals surface area contributed by atoms with E-state index in [1.165, 1.54) is 0 Å². The zero-order valence-electron chi connectivity index (χ0n) is 9.23. The van der Waals surface area contributed by atoms with Gasteiger partial charge in [0.2, 0.25) is 5.95 Å². The first kappa shape index (κ1) is 11.7. The van der Waals surface area contributed by atoms with E-state index in [1.807, 2.05) is 19.1 Å². The maximum Gasteiger partial charge on any atom is 0.224 e. The van der Waals surface area contributed by atoms with Crippen molar-refractivity contribution >= 4 is 11.8 Å². The minimum Gasteiger partial charge on any atom is -0.357 e. The molecule has 0 atom stereocenters. The van der Waals surface area contributed by atoms with E-state index >= 15 is 0 Å². The highest BCUT2D eigenvalue weighted by molar-refractivity contribution is 5.46. The molecule has 0 bridgehead atoms. The Morgan fingerprint density at radius 2 is 1.94 bits per heavy atom. The lowest BCUT2D eigenvalue weighted by atomic mass is 10.4. The van der Waals surface area contributed by atoms with E-state index in [-0.39, 0.29) is 13.1 Å². The molecule has 82 valence electrons. The Balaban J connectivity index is 3.04. The molecule has 0 aliphatic heterocycles. The molecule has 0 saturated carbocycles. The van der Waals surface area contributed by atoms with Crippen molar-refractivity contribution < 1.29 is 0 Å². The minimum atomic E-state index is 0.132. The number of anilines is 2. The second-order valence-electron chi connectivity index (χ2n) is 3.11. The lowest BCUT2D eigenvalue weighted by Gasteiger charge is -2.17. The van der Waals surface area contributed by atoms with Gasteiger partial charge in [0.1, 0.15) is 18.9 Å². The summed E-state index contributed by atoms with van der Waals surface area (Å²) in [5, 5.41) is 20.2. The Morgan fingerprint density at radius 1 is 1.31 bits per heavy atom. The van der Waals surface area contributed by atoms with Gasteiger partial charge < -0.3 is 10.2 Å².